The van der Waals surface area contributed by atoms with Crippen molar-refractivity contribution in [3.05, 3.63) is 23.8 Å². The van der Waals surface area contributed by atoms with Crippen LogP contribution in [-0.2, 0) is 0 Å². The van der Waals surface area contributed by atoms with Crippen LogP contribution in [-0.4, -0.2) is 33.1 Å². The Labute approximate surface area is 81.1 Å². The zero-order valence-electron chi connectivity index (χ0n) is 7.31. The molecular formula is C10H10O4. The summed E-state index contributed by atoms with van der Waals surface area (Å²) >= 11 is 0. The minimum absolute atomic E-state index is 0.0226. The van der Waals surface area contributed by atoms with Gasteiger partial charge in [-0.2, -0.15) is 0 Å². The lowest BCUT2D eigenvalue weighted by molar-refractivity contribution is 0.138. The molecule has 4 nitrogen and oxygen atoms in total. The Kier molecular flexibility index (Phi) is 3.35. The number of aliphatic hydroxyl groups is 2. The van der Waals surface area contributed by atoms with E-state index in [1.807, 2.05) is 0 Å². The predicted molar refractivity (Wildman–Crippen MR) is 49.7 cm³/mol. The molecule has 1 atom stereocenters. The van der Waals surface area contributed by atoms with Crippen molar-refractivity contribution in [1.82, 2.24) is 0 Å². The maximum absolute atomic E-state index is 9.26. The van der Waals surface area contributed by atoms with E-state index in [0.717, 1.165) is 0 Å². The second-order valence-electron chi connectivity index (χ2n) is 2.67. The lowest BCUT2D eigenvalue weighted by atomic mass is 10.2. The van der Waals surface area contributed by atoms with Crippen LogP contribution in [0, 0.1) is 11.8 Å². The van der Waals surface area contributed by atoms with Crippen molar-refractivity contribution in [2.24, 2.45) is 0 Å². The maximum Gasteiger partial charge on any atom is 0.138 e. The van der Waals surface area contributed by atoms with Crippen molar-refractivity contribution in [2.75, 3.05) is 6.61 Å². The average molecular weight is 194 g/mol. The Balaban J connectivity index is 2.94. The van der Waals surface area contributed by atoms with E-state index < -0.39 is 12.7 Å². The van der Waals surface area contributed by atoms with E-state index in [9.17, 15) is 5.11 Å². The maximum atomic E-state index is 9.26. The molecule has 0 saturated carbocycles. The summed E-state index contributed by atoms with van der Waals surface area (Å²) < 4.78 is 0. The highest BCUT2D eigenvalue weighted by atomic mass is 16.3. The van der Waals surface area contributed by atoms with Crippen LogP contribution in [0.2, 0.25) is 0 Å². The molecule has 0 aromatic heterocycles. The molecule has 0 radical (unpaired) electrons. The molecule has 0 fully saturated rings. The first kappa shape index (κ1) is 10.4. The Morgan fingerprint density at radius 2 is 2.00 bits per heavy atom. The number of benzene rings is 1. The van der Waals surface area contributed by atoms with Crippen molar-refractivity contribution < 1.29 is 20.4 Å². The van der Waals surface area contributed by atoms with E-state index >= 15 is 0 Å². The van der Waals surface area contributed by atoms with Gasteiger partial charge in [0.1, 0.15) is 17.6 Å². The second-order valence-corrected chi connectivity index (χ2v) is 2.67. The highest BCUT2D eigenvalue weighted by molar-refractivity contribution is 5.49. The fourth-order valence-corrected chi connectivity index (χ4v) is 0.831. The molecule has 0 amide bonds. The van der Waals surface area contributed by atoms with Crippen LogP contribution in [0.1, 0.15) is 5.56 Å². The van der Waals surface area contributed by atoms with Crippen LogP contribution in [0.4, 0.5) is 0 Å². The summed E-state index contributed by atoms with van der Waals surface area (Å²) in [5.41, 5.74) is 0.206. The first-order valence-corrected chi connectivity index (χ1v) is 3.96. The first-order valence-electron chi connectivity index (χ1n) is 3.96. The molecular weight excluding hydrogens is 184 g/mol. The van der Waals surface area contributed by atoms with Crippen LogP contribution in [0.15, 0.2) is 18.2 Å². The number of phenols is 2. The molecule has 0 saturated heterocycles. The molecule has 1 aromatic rings. The highest BCUT2D eigenvalue weighted by Gasteiger charge is 1.99. The molecule has 1 aromatic carbocycles. The Morgan fingerprint density at radius 3 is 2.64 bits per heavy atom. The van der Waals surface area contributed by atoms with Gasteiger partial charge >= 0.3 is 0 Å². The molecule has 0 aliphatic carbocycles. The van der Waals surface area contributed by atoms with E-state index in [4.69, 9.17) is 15.3 Å². The summed E-state index contributed by atoms with van der Waals surface area (Å²) in [4.78, 5) is 0. The minimum atomic E-state index is -1.14. The predicted octanol–water partition coefficient (Wildman–Crippen LogP) is -0.197. The van der Waals surface area contributed by atoms with Gasteiger partial charge in [0.15, 0.2) is 0 Å². The highest BCUT2D eigenvalue weighted by Crippen LogP contribution is 2.20. The summed E-state index contributed by atoms with van der Waals surface area (Å²) in [6.45, 7) is -0.466. The molecule has 0 spiro atoms. The standard InChI is InChI=1S/C10H10O4/c11-6-9(13)2-1-7-5-8(12)3-4-10(7)14/h3-5,9,11-14H,6H2/t9-/m1/s1. The summed E-state index contributed by atoms with van der Waals surface area (Å²) in [5, 5.41) is 35.7. The van der Waals surface area contributed by atoms with Gasteiger partial charge in [-0.15, -0.1) is 0 Å². The van der Waals surface area contributed by atoms with Crippen LogP contribution in [0.5, 0.6) is 11.5 Å². The third-order valence-electron chi connectivity index (χ3n) is 1.53. The number of phenolic OH excluding ortho intramolecular Hbond substituents is 2. The van der Waals surface area contributed by atoms with Gasteiger partial charge in [-0.3, -0.25) is 0 Å². The van der Waals surface area contributed by atoms with Crippen LogP contribution in [0.3, 0.4) is 0 Å². The molecule has 4 N–H and O–H groups in total. The average Bonchev–Trinajstić information content (AvgIpc) is 2.19. The Morgan fingerprint density at radius 1 is 1.29 bits per heavy atom. The summed E-state index contributed by atoms with van der Waals surface area (Å²) in [6.07, 6.45) is -1.14. The van der Waals surface area contributed by atoms with Gasteiger partial charge in [0, 0.05) is 0 Å². The second kappa shape index (κ2) is 4.51. The molecule has 0 aliphatic rings. The summed E-state index contributed by atoms with van der Waals surface area (Å²) in [7, 11) is 0. The SMILES string of the molecule is OC[C@H](O)C#Cc1cc(O)ccc1O. The minimum Gasteiger partial charge on any atom is -0.508 e. The quantitative estimate of drug-likeness (QED) is 0.369. The number of aromatic hydroxyl groups is 2. The molecule has 0 heterocycles. The monoisotopic (exact) mass is 194 g/mol. The summed E-state index contributed by atoms with van der Waals surface area (Å²) in [5.74, 6) is 4.63. The summed E-state index contributed by atoms with van der Waals surface area (Å²) in [6, 6.07) is 3.89. The van der Waals surface area contributed by atoms with Gasteiger partial charge in [0.05, 0.1) is 12.2 Å². The largest absolute Gasteiger partial charge is 0.508 e. The van der Waals surface area contributed by atoms with Crippen molar-refractivity contribution in [2.45, 2.75) is 6.10 Å². The zero-order valence-corrected chi connectivity index (χ0v) is 7.31. The van der Waals surface area contributed by atoms with Crippen LogP contribution >= 0.6 is 0 Å². The van der Waals surface area contributed by atoms with Gasteiger partial charge < -0.3 is 20.4 Å². The zero-order chi connectivity index (χ0) is 10.6. The molecule has 4 heteroatoms. The van der Waals surface area contributed by atoms with E-state index in [1.165, 1.54) is 18.2 Å². The fourth-order valence-electron chi connectivity index (χ4n) is 0.831. The van der Waals surface area contributed by atoms with E-state index in [0.29, 0.717) is 0 Å². The van der Waals surface area contributed by atoms with Crippen molar-refractivity contribution in [3.63, 3.8) is 0 Å². The van der Waals surface area contributed by atoms with Gasteiger partial charge in [-0.05, 0) is 18.2 Å². The smallest absolute Gasteiger partial charge is 0.138 e. The van der Waals surface area contributed by atoms with E-state index in [1.54, 1.807) is 0 Å². The fraction of sp³-hybridized carbons (Fsp3) is 0.200. The molecule has 0 bridgehead atoms. The normalized spacial score (nSPS) is 11.6. The molecule has 0 unspecified atom stereocenters. The van der Waals surface area contributed by atoms with Gasteiger partial charge in [0.25, 0.3) is 0 Å². The number of aliphatic hydroxyl groups excluding tert-OH is 2. The molecule has 1 rings (SSSR count). The number of rotatable bonds is 1. The number of hydrogen-bond acceptors (Lipinski definition) is 4. The van der Waals surface area contributed by atoms with Gasteiger partial charge in [-0.25, -0.2) is 0 Å². The van der Waals surface area contributed by atoms with Gasteiger partial charge in [-0.1, -0.05) is 11.8 Å². The lowest BCUT2D eigenvalue weighted by Gasteiger charge is -1.98. The van der Waals surface area contributed by atoms with E-state index in [2.05, 4.69) is 11.8 Å². The molecule has 74 valence electrons. The first-order chi connectivity index (χ1) is 6.63. The Bertz CT molecular complexity index is 375. The molecule has 14 heavy (non-hydrogen) atoms. The number of hydrogen-bond donors (Lipinski definition) is 4. The van der Waals surface area contributed by atoms with Gasteiger partial charge in [0.2, 0.25) is 0 Å². The topological polar surface area (TPSA) is 80.9 Å². The van der Waals surface area contributed by atoms with Crippen molar-refractivity contribution in [3.8, 4) is 23.3 Å². The van der Waals surface area contributed by atoms with E-state index in [-0.39, 0.29) is 17.1 Å². The van der Waals surface area contributed by atoms with Crippen LogP contribution < -0.4 is 0 Å². The Hall–Kier alpha value is -1.70. The lowest BCUT2D eigenvalue weighted by Crippen LogP contribution is -2.07. The van der Waals surface area contributed by atoms with Crippen molar-refractivity contribution >= 4 is 0 Å². The van der Waals surface area contributed by atoms with Crippen molar-refractivity contribution in [1.29, 1.82) is 0 Å². The molecule has 0 aliphatic heterocycles. The third-order valence-corrected chi connectivity index (χ3v) is 1.53. The van der Waals surface area contributed by atoms with Crippen LogP contribution in [0.25, 0.3) is 0 Å². The third kappa shape index (κ3) is 2.66.